The van der Waals surface area contributed by atoms with Crippen LogP contribution >= 0.6 is 0 Å². The van der Waals surface area contributed by atoms with Gasteiger partial charge in [-0.1, -0.05) is 27.2 Å². The van der Waals surface area contributed by atoms with E-state index in [0.29, 0.717) is 6.04 Å². The van der Waals surface area contributed by atoms with Gasteiger partial charge in [-0.2, -0.15) is 5.26 Å². The number of likely N-dealkylation sites (tertiary alicyclic amines) is 1. The molecule has 2 rings (SSSR count). The van der Waals surface area contributed by atoms with Crippen molar-refractivity contribution in [3.63, 3.8) is 0 Å². The Labute approximate surface area is 112 Å². The minimum atomic E-state index is 0.284. The van der Waals surface area contributed by atoms with Crippen LogP contribution in [0.5, 0.6) is 0 Å². The highest BCUT2D eigenvalue weighted by molar-refractivity contribution is 5.00. The Morgan fingerprint density at radius 3 is 2.67 bits per heavy atom. The van der Waals surface area contributed by atoms with Gasteiger partial charge in [0.1, 0.15) is 0 Å². The summed E-state index contributed by atoms with van der Waals surface area (Å²) in [5.41, 5.74) is 0. The largest absolute Gasteiger partial charge is 0.296 e. The van der Waals surface area contributed by atoms with E-state index in [9.17, 15) is 5.26 Å². The van der Waals surface area contributed by atoms with Gasteiger partial charge < -0.3 is 0 Å². The zero-order valence-electron chi connectivity index (χ0n) is 12.2. The summed E-state index contributed by atoms with van der Waals surface area (Å²) in [6.45, 7) is 8.20. The molecule has 2 nitrogen and oxygen atoms in total. The molecular formula is C16H28N2. The molecule has 1 aliphatic carbocycles. The maximum absolute atomic E-state index is 9.43. The summed E-state index contributed by atoms with van der Waals surface area (Å²) in [7, 11) is 0. The SMILES string of the molecule is CCC1CCC(C#N)C(N2CCCC2C(C)C)C1. The van der Waals surface area contributed by atoms with Crippen molar-refractivity contribution in [2.75, 3.05) is 6.54 Å². The third-order valence-corrected chi connectivity index (χ3v) is 5.21. The number of rotatable bonds is 3. The Kier molecular flexibility index (Phi) is 4.67. The molecule has 0 radical (unpaired) electrons. The normalized spacial score (nSPS) is 37.9. The molecule has 18 heavy (non-hydrogen) atoms. The Hall–Kier alpha value is -0.550. The third-order valence-electron chi connectivity index (χ3n) is 5.21. The van der Waals surface area contributed by atoms with Crippen LogP contribution in [0.15, 0.2) is 0 Å². The second-order valence-electron chi connectivity index (χ2n) is 6.58. The molecule has 0 spiro atoms. The Morgan fingerprint density at radius 1 is 1.28 bits per heavy atom. The zero-order chi connectivity index (χ0) is 13.1. The summed E-state index contributed by atoms with van der Waals surface area (Å²) in [5, 5.41) is 9.43. The highest BCUT2D eigenvalue weighted by Gasteiger charge is 2.39. The van der Waals surface area contributed by atoms with Gasteiger partial charge in [-0.25, -0.2) is 0 Å². The lowest BCUT2D eigenvalue weighted by atomic mass is 9.76. The van der Waals surface area contributed by atoms with Crippen LogP contribution in [0.1, 0.15) is 59.3 Å². The van der Waals surface area contributed by atoms with Gasteiger partial charge in [0.25, 0.3) is 0 Å². The molecule has 0 aromatic carbocycles. The van der Waals surface area contributed by atoms with Crippen molar-refractivity contribution in [3.8, 4) is 6.07 Å². The molecule has 2 aliphatic rings. The molecule has 0 aromatic rings. The molecule has 4 atom stereocenters. The van der Waals surface area contributed by atoms with E-state index in [1.54, 1.807) is 0 Å². The van der Waals surface area contributed by atoms with E-state index in [1.807, 2.05) is 0 Å². The first kappa shape index (κ1) is 13.9. The van der Waals surface area contributed by atoms with Crippen molar-refractivity contribution in [1.29, 1.82) is 5.26 Å². The van der Waals surface area contributed by atoms with Crippen LogP contribution in [0.25, 0.3) is 0 Å². The minimum Gasteiger partial charge on any atom is -0.296 e. The van der Waals surface area contributed by atoms with E-state index < -0.39 is 0 Å². The first-order valence-corrected chi connectivity index (χ1v) is 7.82. The maximum atomic E-state index is 9.43. The second kappa shape index (κ2) is 6.06. The zero-order valence-corrected chi connectivity index (χ0v) is 12.2. The van der Waals surface area contributed by atoms with Gasteiger partial charge >= 0.3 is 0 Å². The quantitative estimate of drug-likeness (QED) is 0.759. The monoisotopic (exact) mass is 248 g/mol. The Balaban J connectivity index is 2.10. The molecule has 0 N–H and O–H groups in total. The second-order valence-corrected chi connectivity index (χ2v) is 6.58. The molecule has 0 aromatic heterocycles. The van der Waals surface area contributed by atoms with Crippen molar-refractivity contribution >= 4 is 0 Å². The van der Waals surface area contributed by atoms with Crippen LogP contribution in [-0.4, -0.2) is 23.5 Å². The van der Waals surface area contributed by atoms with Crippen LogP contribution in [0.2, 0.25) is 0 Å². The van der Waals surface area contributed by atoms with Crippen LogP contribution in [0.4, 0.5) is 0 Å². The van der Waals surface area contributed by atoms with E-state index in [1.165, 1.54) is 38.6 Å². The summed E-state index contributed by atoms with van der Waals surface area (Å²) in [4.78, 5) is 2.69. The van der Waals surface area contributed by atoms with E-state index in [-0.39, 0.29) is 5.92 Å². The molecule has 1 saturated carbocycles. The third kappa shape index (κ3) is 2.72. The predicted molar refractivity (Wildman–Crippen MR) is 75.1 cm³/mol. The molecular weight excluding hydrogens is 220 g/mol. The number of nitriles is 1. The fourth-order valence-corrected chi connectivity index (χ4v) is 4.06. The Morgan fingerprint density at radius 2 is 2.06 bits per heavy atom. The van der Waals surface area contributed by atoms with Crippen molar-refractivity contribution in [2.24, 2.45) is 17.8 Å². The lowest BCUT2D eigenvalue weighted by Gasteiger charge is -2.42. The summed E-state index contributed by atoms with van der Waals surface area (Å²) in [6.07, 6.45) is 7.61. The molecule has 4 unspecified atom stereocenters. The fraction of sp³-hybridized carbons (Fsp3) is 0.938. The molecule has 1 saturated heterocycles. The van der Waals surface area contributed by atoms with Crippen LogP contribution in [0, 0.1) is 29.1 Å². The lowest BCUT2D eigenvalue weighted by Crippen LogP contribution is -2.48. The Bertz CT molecular complexity index is 305. The number of hydrogen-bond acceptors (Lipinski definition) is 2. The maximum Gasteiger partial charge on any atom is 0.0672 e. The summed E-state index contributed by atoms with van der Waals surface area (Å²) >= 11 is 0. The van der Waals surface area contributed by atoms with Gasteiger partial charge in [0, 0.05) is 12.1 Å². The van der Waals surface area contributed by atoms with Crippen molar-refractivity contribution in [3.05, 3.63) is 0 Å². The van der Waals surface area contributed by atoms with Gasteiger partial charge in [0.2, 0.25) is 0 Å². The van der Waals surface area contributed by atoms with Gasteiger partial charge in [0.05, 0.1) is 12.0 Å². The van der Waals surface area contributed by atoms with E-state index in [4.69, 9.17) is 0 Å². The molecule has 0 amide bonds. The molecule has 1 aliphatic heterocycles. The number of nitrogens with zero attached hydrogens (tertiary/aromatic N) is 2. The molecule has 1 heterocycles. The predicted octanol–water partition coefficient (Wildman–Crippen LogP) is 3.83. The van der Waals surface area contributed by atoms with E-state index in [2.05, 4.69) is 31.7 Å². The topological polar surface area (TPSA) is 27.0 Å². The average molecular weight is 248 g/mol. The fourth-order valence-electron chi connectivity index (χ4n) is 4.06. The summed E-state index contributed by atoms with van der Waals surface area (Å²) < 4.78 is 0. The lowest BCUT2D eigenvalue weighted by molar-refractivity contribution is 0.0716. The molecule has 0 bridgehead atoms. The van der Waals surface area contributed by atoms with E-state index >= 15 is 0 Å². The van der Waals surface area contributed by atoms with Gasteiger partial charge in [0.15, 0.2) is 0 Å². The van der Waals surface area contributed by atoms with Gasteiger partial charge in [-0.3, -0.25) is 4.90 Å². The van der Waals surface area contributed by atoms with Crippen molar-refractivity contribution in [1.82, 2.24) is 4.90 Å². The number of hydrogen-bond donors (Lipinski definition) is 0. The molecule has 2 fully saturated rings. The molecule has 102 valence electrons. The minimum absolute atomic E-state index is 0.284. The first-order chi connectivity index (χ1) is 8.67. The van der Waals surface area contributed by atoms with Gasteiger partial charge in [-0.05, 0) is 50.5 Å². The van der Waals surface area contributed by atoms with Crippen LogP contribution in [-0.2, 0) is 0 Å². The van der Waals surface area contributed by atoms with Crippen LogP contribution < -0.4 is 0 Å². The summed E-state index contributed by atoms with van der Waals surface area (Å²) in [6, 6.07) is 3.86. The van der Waals surface area contributed by atoms with Gasteiger partial charge in [-0.15, -0.1) is 0 Å². The van der Waals surface area contributed by atoms with Crippen molar-refractivity contribution < 1.29 is 0 Å². The molecule has 2 heteroatoms. The van der Waals surface area contributed by atoms with E-state index in [0.717, 1.165) is 24.3 Å². The first-order valence-electron chi connectivity index (χ1n) is 7.82. The standard InChI is InChI=1S/C16H28N2/c1-4-13-7-8-14(11-17)16(10-13)18-9-5-6-15(18)12(2)3/h12-16H,4-10H2,1-3H3. The van der Waals surface area contributed by atoms with Crippen molar-refractivity contribution in [2.45, 2.75) is 71.4 Å². The smallest absolute Gasteiger partial charge is 0.0672 e. The van der Waals surface area contributed by atoms with Crippen LogP contribution in [0.3, 0.4) is 0 Å². The summed E-state index contributed by atoms with van der Waals surface area (Å²) in [5.74, 6) is 1.87. The highest BCUT2D eigenvalue weighted by Crippen LogP contribution is 2.38. The highest BCUT2D eigenvalue weighted by atomic mass is 15.2. The average Bonchev–Trinajstić information content (AvgIpc) is 2.87.